The molecule has 0 radical (unpaired) electrons. The maximum Gasteiger partial charge on any atom is 0.0773 e. The molecule has 0 spiro atoms. The van der Waals surface area contributed by atoms with Crippen LogP contribution in [-0.4, -0.2) is 24.3 Å². The van der Waals surface area contributed by atoms with Gasteiger partial charge in [-0.1, -0.05) is 74.4 Å². The maximum absolute atomic E-state index is 10.9. The van der Waals surface area contributed by atoms with Gasteiger partial charge in [0.15, 0.2) is 0 Å². The number of hydrogen-bond donors (Lipinski definition) is 2. The van der Waals surface area contributed by atoms with Crippen LogP contribution < -0.4 is 5.32 Å². The summed E-state index contributed by atoms with van der Waals surface area (Å²) in [6.07, 6.45) is 7.15. The van der Waals surface area contributed by atoms with Crippen molar-refractivity contribution in [2.24, 2.45) is 0 Å². The normalized spacial score (nSPS) is 14.2. The second kappa shape index (κ2) is 9.93. The standard InChI is InChI=1S/C23H29Cl2NO/c1-2-3-4-5-6-7-12-26-15-22(27)23-20-13-16(24)8-10-18(20)19-11-9-17(25)14-21(19)23/h8-11,13-14,22-23,26-27H,2-7,12,15H2,1H3. The minimum absolute atomic E-state index is 0.0931. The molecule has 0 heterocycles. The van der Waals surface area contributed by atoms with E-state index in [1.165, 1.54) is 32.1 Å². The number of aliphatic hydroxyl groups is 1. The summed E-state index contributed by atoms with van der Waals surface area (Å²) in [5.41, 5.74) is 4.47. The molecule has 1 atom stereocenters. The second-order valence-corrected chi connectivity index (χ2v) is 8.35. The van der Waals surface area contributed by atoms with Crippen molar-refractivity contribution in [1.82, 2.24) is 5.32 Å². The summed E-state index contributed by atoms with van der Waals surface area (Å²) < 4.78 is 0. The Morgan fingerprint density at radius 2 is 1.44 bits per heavy atom. The van der Waals surface area contributed by atoms with E-state index in [1.54, 1.807) is 0 Å². The van der Waals surface area contributed by atoms with Crippen LogP contribution in [-0.2, 0) is 0 Å². The fourth-order valence-electron chi connectivity index (χ4n) is 4.05. The number of benzene rings is 2. The summed E-state index contributed by atoms with van der Waals surface area (Å²) in [5.74, 6) is -0.0931. The van der Waals surface area contributed by atoms with E-state index >= 15 is 0 Å². The van der Waals surface area contributed by atoms with Crippen LogP contribution in [0.1, 0.15) is 62.5 Å². The van der Waals surface area contributed by atoms with Gasteiger partial charge in [-0.05, 0) is 59.5 Å². The van der Waals surface area contributed by atoms with Gasteiger partial charge in [-0.15, -0.1) is 0 Å². The van der Waals surface area contributed by atoms with E-state index < -0.39 is 6.10 Å². The largest absolute Gasteiger partial charge is 0.391 e. The van der Waals surface area contributed by atoms with Crippen molar-refractivity contribution >= 4 is 23.2 Å². The molecule has 0 fully saturated rings. The SMILES string of the molecule is CCCCCCCCNCC(O)C1c2cc(Cl)ccc2-c2ccc(Cl)cc21. The van der Waals surface area contributed by atoms with Gasteiger partial charge >= 0.3 is 0 Å². The highest BCUT2D eigenvalue weighted by atomic mass is 35.5. The molecule has 0 saturated heterocycles. The Morgan fingerprint density at radius 1 is 0.889 bits per heavy atom. The summed E-state index contributed by atoms with van der Waals surface area (Å²) in [7, 11) is 0. The lowest BCUT2D eigenvalue weighted by atomic mass is 9.91. The number of hydrogen-bond acceptors (Lipinski definition) is 2. The minimum Gasteiger partial charge on any atom is -0.391 e. The van der Waals surface area contributed by atoms with Crippen LogP contribution in [0.15, 0.2) is 36.4 Å². The first kappa shape index (κ1) is 20.7. The third-order valence-electron chi connectivity index (χ3n) is 5.43. The van der Waals surface area contributed by atoms with E-state index in [0.29, 0.717) is 16.6 Å². The van der Waals surface area contributed by atoms with Crippen molar-refractivity contribution < 1.29 is 5.11 Å². The monoisotopic (exact) mass is 405 g/mol. The average molecular weight is 406 g/mol. The molecule has 2 nitrogen and oxygen atoms in total. The fourth-order valence-corrected chi connectivity index (χ4v) is 4.41. The van der Waals surface area contributed by atoms with Crippen LogP contribution in [0, 0.1) is 0 Å². The van der Waals surface area contributed by atoms with Gasteiger partial charge in [-0.25, -0.2) is 0 Å². The predicted octanol–water partition coefficient (Wildman–Crippen LogP) is 6.42. The van der Waals surface area contributed by atoms with Crippen molar-refractivity contribution in [2.75, 3.05) is 13.1 Å². The summed E-state index contributed by atoms with van der Waals surface area (Å²) in [5, 5.41) is 15.8. The van der Waals surface area contributed by atoms with Crippen molar-refractivity contribution in [3.05, 3.63) is 57.6 Å². The molecular weight excluding hydrogens is 377 g/mol. The maximum atomic E-state index is 10.9. The zero-order valence-electron chi connectivity index (χ0n) is 16.0. The number of unbranched alkanes of at least 4 members (excludes halogenated alkanes) is 5. The Balaban J connectivity index is 1.62. The Labute approximate surface area is 172 Å². The van der Waals surface area contributed by atoms with Gasteiger partial charge in [-0.2, -0.15) is 0 Å². The molecule has 2 N–H and O–H groups in total. The van der Waals surface area contributed by atoms with Gasteiger partial charge in [0.1, 0.15) is 0 Å². The minimum atomic E-state index is -0.512. The third kappa shape index (κ3) is 5.06. The van der Waals surface area contributed by atoms with Gasteiger partial charge in [-0.3, -0.25) is 0 Å². The Bertz CT molecular complexity index is 711. The molecule has 0 aromatic heterocycles. The molecule has 146 valence electrons. The summed E-state index contributed by atoms with van der Waals surface area (Å²) in [4.78, 5) is 0. The highest BCUT2D eigenvalue weighted by Gasteiger charge is 2.33. The molecule has 0 aliphatic heterocycles. The lowest BCUT2D eigenvalue weighted by Crippen LogP contribution is -2.32. The molecule has 1 aliphatic carbocycles. The first-order chi connectivity index (χ1) is 13.1. The predicted molar refractivity (Wildman–Crippen MR) is 116 cm³/mol. The van der Waals surface area contributed by atoms with E-state index in [-0.39, 0.29) is 5.92 Å². The lowest BCUT2D eigenvalue weighted by molar-refractivity contribution is 0.155. The molecule has 1 aliphatic rings. The van der Waals surface area contributed by atoms with Crippen LogP contribution in [0.4, 0.5) is 0 Å². The van der Waals surface area contributed by atoms with E-state index in [2.05, 4.69) is 12.2 Å². The molecule has 0 bridgehead atoms. The molecule has 1 unspecified atom stereocenters. The molecule has 2 aromatic rings. The van der Waals surface area contributed by atoms with Crippen LogP contribution in [0.3, 0.4) is 0 Å². The first-order valence-corrected chi connectivity index (χ1v) is 10.9. The van der Waals surface area contributed by atoms with Crippen LogP contribution in [0.25, 0.3) is 11.1 Å². The van der Waals surface area contributed by atoms with Crippen molar-refractivity contribution in [3.8, 4) is 11.1 Å². The molecule has 0 amide bonds. The number of aliphatic hydroxyl groups excluding tert-OH is 1. The number of halogens is 2. The fraction of sp³-hybridized carbons (Fsp3) is 0.478. The van der Waals surface area contributed by atoms with Crippen LogP contribution in [0.2, 0.25) is 10.0 Å². The summed E-state index contributed by atoms with van der Waals surface area (Å²) >= 11 is 12.5. The smallest absolute Gasteiger partial charge is 0.0773 e. The molecule has 3 rings (SSSR count). The van der Waals surface area contributed by atoms with Gasteiger partial charge in [0, 0.05) is 22.5 Å². The quantitative estimate of drug-likeness (QED) is 0.447. The van der Waals surface area contributed by atoms with Crippen LogP contribution in [0.5, 0.6) is 0 Å². The molecule has 2 aromatic carbocycles. The van der Waals surface area contributed by atoms with E-state index in [0.717, 1.165) is 35.2 Å². The van der Waals surface area contributed by atoms with Gasteiger partial charge in [0.25, 0.3) is 0 Å². The Hall–Kier alpha value is -1.06. The zero-order chi connectivity index (χ0) is 19.2. The van der Waals surface area contributed by atoms with Gasteiger partial charge in [0.2, 0.25) is 0 Å². The third-order valence-corrected chi connectivity index (χ3v) is 5.90. The summed E-state index contributed by atoms with van der Waals surface area (Å²) in [6.45, 7) is 3.75. The number of rotatable bonds is 10. The van der Waals surface area contributed by atoms with E-state index in [9.17, 15) is 5.11 Å². The van der Waals surface area contributed by atoms with Gasteiger partial charge < -0.3 is 10.4 Å². The topological polar surface area (TPSA) is 32.3 Å². The van der Waals surface area contributed by atoms with Crippen LogP contribution >= 0.6 is 23.2 Å². The molecule has 27 heavy (non-hydrogen) atoms. The molecular formula is C23H29Cl2NO. The van der Waals surface area contributed by atoms with Gasteiger partial charge in [0.05, 0.1) is 6.10 Å². The lowest BCUT2D eigenvalue weighted by Gasteiger charge is -2.21. The van der Waals surface area contributed by atoms with E-state index in [1.807, 2.05) is 36.4 Å². The Kier molecular flexibility index (Phi) is 7.60. The Morgan fingerprint density at radius 3 is 2.04 bits per heavy atom. The number of fused-ring (bicyclic) bond motifs is 3. The molecule has 0 saturated carbocycles. The van der Waals surface area contributed by atoms with Crippen molar-refractivity contribution in [3.63, 3.8) is 0 Å². The first-order valence-electron chi connectivity index (χ1n) is 10.1. The average Bonchev–Trinajstić information content (AvgIpc) is 2.96. The summed E-state index contributed by atoms with van der Waals surface area (Å²) in [6, 6.07) is 11.9. The van der Waals surface area contributed by atoms with E-state index in [4.69, 9.17) is 23.2 Å². The van der Waals surface area contributed by atoms with Crippen molar-refractivity contribution in [1.29, 1.82) is 0 Å². The second-order valence-electron chi connectivity index (χ2n) is 7.48. The molecule has 4 heteroatoms. The number of nitrogens with one attached hydrogen (secondary N) is 1. The highest BCUT2D eigenvalue weighted by Crippen LogP contribution is 2.47. The zero-order valence-corrected chi connectivity index (χ0v) is 17.5. The van der Waals surface area contributed by atoms with Crippen molar-refractivity contribution in [2.45, 2.75) is 57.5 Å². The highest BCUT2D eigenvalue weighted by molar-refractivity contribution is 6.31.